The van der Waals surface area contributed by atoms with Crippen LogP contribution in [0.5, 0.6) is 11.5 Å². The zero-order valence-corrected chi connectivity index (χ0v) is 13.9. The van der Waals surface area contributed by atoms with Gasteiger partial charge < -0.3 is 9.47 Å². The van der Waals surface area contributed by atoms with Gasteiger partial charge in [-0.05, 0) is 36.2 Å². The van der Waals surface area contributed by atoms with Crippen LogP contribution in [-0.4, -0.2) is 34.4 Å². The molecule has 2 aromatic rings. The molecule has 2 rings (SSSR count). The molecule has 124 valence electrons. The molecule has 0 saturated carbocycles. The molecule has 5 nitrogen and oxygen atoms in total. The van der Waals surface area contributed by atoms with Crippen molar-refractivity contribution < 1.29 is 17.9 Å². The van der Waals surface area contributed by atoms with Crippen molar-refractivity contribution >= 4 is 10.0 Å². The number of rotatable bonds is 9. The van der Waals surface area contributed by atoms with E-state index in [2.05, 4.69) is 4.72 Å². The molecule has 0 saturated heterocycles. The smallest absolute Gasteiger partial charge is 0.214 e. The third-order valence-electron chi connectivity index (χ3n) is 3.26. The zero-order valence-electron chi connectivity index (χ0n) is 13.1. The van der Waals surface area contributed by atoms with Gasteiger partial charge in [-0.1, -0.05) is 30.3 Å². The standard InChI is InChI=1S/C17H21NO4S/c1-21-16-7-9-17(10-8-16)22-13-14-23(19,20)18-12-11-15-5-3-2-4-6-15/h2-10,18H,11-14H2,1H3. The number of hydrogen-bond donors (Lipinski definition) is 1. The van der Waals surface area contributed by atoms with Crippen LogP contribution in [0, 0.1) is 0 Å². The van der Waals surface area contributed by atoms with E-state index in [1.165, 1.54) is 0 Å². The van der Waals surface area contributed by atoms with Gasteiger partial charge in [-0.25, -0.2) is 13.1 Å². The third kappa shape index (κ3) is 6.30. The SMILES string of the molecule is COc1ccc(OCCS(=O)(=O)NCCc2ccccc2)cc1. The molecule has 0 fully saturated rings. The van der Waals surface area contributed by atoms with Gasteiger partial charge in [0.2, 0.25) is 10.0 Å². The topological polar surface area (TPSA) is 64.6 Å². The van der Waals surface area contributed by atoms with Gasteiger partial charge >= 0.3 is 0 Å². The number of sulfonamides is 1. The van der Waals surface area contributed by atoms with E-state index in [1.807, 2.05) is 30.3 Å². The van der Waals surface area contributed by atoms with E-state index in [0.29, 0.717) is 18.7 Å². The van der Waals surface area contributed by atoms with Crippen LogP contribution in [0.2, 0.25) is 0 Å². The first-order valence-corrected chi connectivity index (χ1v) is 9.02. The normalized spacial score (nSPS) is 11.2. The summed E-state index contributed by atoms with van der Waals surface area (Å²) in [5.41, 5.74) is 1.10. The van der Waals surface area contributed by atoms with E-state index in [-0.39, 0.29) is 12.4 Å². The highest BCUT2D eigenvalue weighted by Crippen LogP contribution is 2.16. The Morgan fingerprint density at radius 3 is 2.26 bits per heavy atom. The molecule has 0 aliphatic carbocycles. The molecular weight excluding hydrogens is 314 g/mol. The van der Waals surface area contributed by atoms with Gasteiger partial charge in [-0.15, -0.1) is 0 Å². The van der Waals surface area contributed by atoms with Crippen molar-refractivity contribution in [3.05, 3.63) is 60.2 Å². The maximum absolute atomic E-state index is 11.9. The van der Waals surface area contributed by atoms with E-state index in [1.54, 1.807) is 31.4 Å². The number of ether oxygens (including phenoxy) is 2. The molecule has 0 unspecified atom stereocenters. The minimum Gasteiger partial charge on any atom is -0.497 e. The predicted molar refractivity (Wildman–Crippen MR) is 90.4 cm³/mol. The molecule has 0 aromatic heterocycles. The molecule has 1 N–H and O–H groups in total. The minimum atomic E-state index is -3.33. The summed E-state index contributed by atoms with van der Waals surface area (Å²) < 4.78 is 36.9. The first-order valence-electron chi connectivity index (χ1n) is 7.37. The molecule has 0 amide bonds. The molecule has 0 aliphatic rings. The largest absolute Gasteiger partial charge is 0.497 e. The number of nitrogens with one attached hydrogen (secondary N) is 1. The summed E-state index contributed by atoms with van der Waals surface area (Å²) in [5.74, 6) is 1.27. The quantitative estimate of drug-likeness (QED) is 0.763. The fraction of sp³-hybridized carbons (Fsp3) is 0.294. The van der Waals surface area contributed by atoms with Crippen molar-refractivity contribution in [3.63, 3.8) is 0 Å². The van der Waals surface area contributed by atoms with Crippen LogP contribution in [0.25, 0.3) is 0 Å². The van der Waals surface area contributed by atoms with E-state index in [0.717, 1.165) is 11.3 Å². The van der Waals surface area contributed by atoms with Crippen molar-refractivity contribution in [2.24, 2.45) is 0 Å². The van der Waals surface area contributed by atoms with Gasteiger partial charge in [0.05, 0.1) is 12.9 Å². The van der Waals surface area contributed by atoms with Crippen molar-refractivity contribution in [1.29, 1.82) is 0 Å². The Morgan fingerprint density at radius 2 is 1.61 bits per heavy atom. The highest BCUT2D eigenvalue weighted by Gasteiger charge is 2.10. The van der Waals surface area contributed by atoms with E-state index in [4.69, 9.17) is 9.47 Å². The molecule has 0 aliphatic heterocycles. The molecule has 0 heterocycles. The Kier molecular flexibility index (Phi) is 6.43. The second-order valence-corrected chi connectivity index (χ2v) is 6.90. The molecule has 2 aromatic carbocycles. The molecule has 0 radical (unpaired) electrons. The van der Waals surface area contributed by atoms with Gasteiger partial charge in [0, 0.05) is 6.54 Å². The van der Waals surface area contributed by atoms with Gasteiger partial charge in [0.25, 0.3) is 0 Å². The summed E-state index contributed by atoms with van der Waals surface area (Å²) in [6, 6.07) is 16.8. The molecular formula is C17H21NO4S. The van der Waals surface area contributed by atoms with Crippen molar-refractivity contribution in [2.75, 3.05) is 26.0 Å². The van der Waals surface area contributed by atoms with Crippen LogP contribution < -0.4 is 14.2 Å². The fourth-order valence-corrected chi connectivity index (χ4v) is 2.87. The lowest BCUT2D eigenvalue weighted by Gasteiger charge is -2.09. The van der Waals surface area contributed by atoms with Crippen LogP contribution in [0.4, 0.5) is 0 Å². The predicted octanol–water partition coefficient (Wildman–Crippen LogP) is 2.24. The Bertz CT molecular complexity index is 684. The Morgan fingerprint density at radius 1 is 0.957 bits per heavy atom. The summed E-state index contributed by atoms with van der Waals surface area (Å²) in [7, 11) is -1.75. The summed E-state index contributed by atoms with van der Waals surface area (Å²) in [6.45, 7) is 0.488. The van der Waals surface area contributed by atoms with E-state index in [9.17, 15) is 8.42 Å². The van der Waals surface area contributed by atoms with Gasteiger partial charge in [0.15, 0.2) is 0 Å². The highest BCUT2D eigenvalue weighted by molar-refractivity contribution is 7.89. The maximum atomic E-state index is 11.9. The summed E-state index contributed by atoms with van der Waals surface area (Å²) in [6.07, 6.45) is 0.666. The molecule has 6 heteroatoms. The molecule has 23 heavy (non-hydrogen) atoms. The first-order chi connectivity index (χ1) is 11.1. The second kappa shape index (κ2) is 8.55. The average Bonchev–Trinajstić information content (AvgIpc) is 2.56. The van der Waals surface area contributed by atoms with Crippen LogP contribution in [0.15, 0.2) is 54.6 Å². The number of benzene rings is 2. The van der Waals surface area contributed by atoms with E-state index < -0.39 is 10.0 Å². The lowest BCUT2D eigenvalue weighted by molar-refractivity contribution is 0.339. The Hall–Kier alpha value is -2.05. The average molecular weight is 335 g/mol. The lowest BCUT2D eigenvalue weighted by atomic mass is 10.2. The Balaban J connectivity index is 1.71. The van der Waals surface area contributed by atoms with E-state index >= 15 is 0 Å². The zero-order chi connectivity index (χ0) is 16.5. The molecule has 0 bridgehead atoms. The Labute approximate surface area is 137 Å². The maximum Gasteiger partial charge on any atom is 0.214 e. The number of methoxy groups -OCH3 is 1. The summed E-state index contributed by atoms with van der Waals surface area (Å²) >= 11 is 0. The fourth-order valence-electron chi connectivity index (χ4n) is 2.01. The van der Waals surface area contributed by atoms with Crippen LogP contribution >= 0.6 is 0 Å². The highest BCUT2D eigenvalue weighted by atomic mass is 32.2. The van der Waals surface area contributed by atoms with Crippen LogP contribution in [0.3, 0.4) is 0 Å². The van der Waals surface area contributed by atoms with Crippen LogP contribution in [0.1, 0.15) is 5.56 Å². The molecule has 0 atom stereocenters. The van der Waals surface area contributed by atoms with Crippen molar-refractivity contribution in [1.82, 2.24) is 4.72 Å². The summed E-state index contributed by atoms with van der Waals surface area (Å²) in [4.78, 5) is 0. The van der Waals surface area contributed by atoms with Gasteiger partial charge in [-0.2, -0.15) is 0 Å². The van der Waals surface area contributed by atoms with Crippen molar-refractivity contribution in [3.8, 4) is 11.5 Å². The number of hydrogen-bond acceptors (Lipinski definition) is 4. The van der Waals surface area contributed by atoms with Crippen molar-refractivity contribution in [2.45, 2.75) is 6.42 Å². The molecule has 0 spiro atoms. The lowest BCUT2D eigenvalue weighted by Crippen LogP contribution is -2.30. The van der Waals surface area contributed by atoms with Gasteiger partial charge in [0.1, 0.15) is 18.1 Å². The second-order valence-electron chi connectivity index (χ2n) is 4.97. The monoisotopic (exact) mass is 335 g/mol. The summed E-state index contributed by atoms with van der Waals surface area (Å²) in [5, 5.41) is 0. The van der Waals surface area contributed by atoms with Gasteiger partial charge in [-0.3, -0.25) is 0 Å². The minimum absolute atomic E-state index is 0.0756. The first kappa shape index (κ1) is 17.3. The van der Waals surface area contributed by atoms with Crippen LogP contribution in [-0.2, 0) is 16.4 Å². The third-order valence-corrected chi connectivity index (χ3v) is 4.61.